The molecular weight excluding hydrogens is 186 g/mol. The third kappa shape index (κ3) is 5.15. The lowest BCUT2D eigenvalue weighted by molar-refractivity contribution is 0.212. The molecule has 0 aromatic rings. The van der Waals surface area contributed by atoms with Crippen molar-refractivity contribution in [1.29, 1.82) is 5.26 Å². The molecule has 88 valence electrons. The van der Waals surface area contributed by atoms with Crippen LogP contribution < -0.4 is 5.32 Å². The highest BCUT2D eigenvalue weighted by Gasteiger charge is 2.23. The van der Waals surface area contributed by atoms with Gasteiger partial charge in [0.2, 0.25) is 0 Å². The molecule has 0 saturated carbocycles. The van der Waals surface area contributed by atoms with Crippen LogP contribution in [0.2, 0.25) is 0 Å². The maximum atomic E-state index is 9.11. The zero-order valence-electron chi connectivity index (χ0n) is 10.8. The number of hydrogen-bond acceptors (Lipinski definition) is 3. The monoisotopic (exact) mass is 211 g/mol. The molecule has 1 atom stereocenters. The number of nitrogens with zero attached hydrogens (tertiary/aromatic N) is 2. The Balaban J connectivity index is 4.16. The molecule has 0 aliphatic heterocycles. The van der Waals surface area contributed by atoms with Crippen LogP contribution >= 0.6 is 0 Å². The largest absolute Gasteiger partial charge is 0.301 e. The molecule has 0 amide bonds. The van der Waals surface area contributed by atoms with Crippen molar-refractivity contribution >= 4 is 0 Å². The Morgan fingerprint density at radius 1 is 1.40 bits per heavy atom. The molecule has 0 aromatic heterocycles. The molecule has 0 rings (SSSR count). The average molecular weight is 211 g/mol. The first-order chi connectivity index (χ1) is 6.99. The molecular formula is C12H25N3. The Morgan fingerprint density at radius 2 is 2.00 bits per heavy atom. The van der Waals surface area contributed by atoms with Gasteiger partial charge in [0.15, 0.2) is 0 Å². The average Bonchev–Trinajstić information content (AvgIpc) is 2.18. The van der Waals surface area contributed by atoms with Crippen LogP contribution in [-0.4, -0.2) is 36.1 Å². The lowest BCUT2D eigenvalue weighted by Crippen LogP contribution is -2.44. The summed E-state index contributed by atoms with van der Waals surface area (Å²) < 4.78 is 0. The Bertz CT molecular complexity index is 207. The van der Waals surface area contributed by atoms with E-state index in [1.165, 1.54) is 0 Å². The van der Waals surface area contributed by atoms with Crippen LogP contribution in [-0.2, 0) is 0 Å². The summed E-state index contributed by atoms with van der Waals surface area (Å²) in [6.45, 7) is 13.4. The van der Waals surface area contributed by atoms with Crippen molar-refractivity contribution in [2.24, 2.45) is 0 Å². The summed E-state index contributed by atoms with van der Waals surface area (Å²) >= 11 is 0. The molecule has 0 aromatic carbocycles. The highest BCUT2D eigenvalue weighted by Crippen LogP contribution is 2.10. The Labute approximate surface area is 94.5 Å². The molecule has 0 fully saturated rings. The molecule has 1 unspecified atom stereocenters. The van der Waals surface area contributed by atoms with Gasteiger partial charge in [0.25, 0.3) is 0 Å². The van der Waals surface area contributed by atoms with Crippen molar-refractivity contribution in [3.8, 4) is 6.07 Å². The van der Waals surface area contributed by atoms with E-state index in [2.05, 4.69) is 37.1 Å². The second-order valence-electron chi connectivity index (χ2n) is 4.45. The summed E-state index contributed by atoms with van der Waals surface area (Å²) in [5, 5.41) is 12.3. The molecule has 0 radical (unpaired) electrons. The van der Waals surface area contributed by atoms with E-state index >= 15 is 0 Å². The SMILES string of the molecule is CCNC(C)(C#N)CCN(CC)C(C)C. The second kappa shape index (κ2) is 6.81. The normalized spacial score (nSPS) is 15.3. The van der Waals surface area contributed by atoms with Crippen LogP contribution in [0.25, 0.3) is 0 Å². The standard InChI is InChI=1S/C12H25N3/c1-6-14-12(5,10-13)8-9-15(7-2)11(3)4/h11,14H,6-9H2,1-5H3. The third-order valence-electron chi connectivity index (χ3n) is 2.85. The fourth-order valence-corrected chi connectivity index (χ4v) is 1.72. The number of nitriles is 1. The van der Waals surface area contributed by atoms with E-state index in [-0.39, 0.29) is 5.54 Å². The van der Waals surface area contributed by atoms with E-state index in [0.29, 0.717) is 6.04 Å². The topological polar surface area (TPSA) is 39.1 Å². The van der Waals surface area contributed by atoms with Gasteiger partial charge in [-0.1, -0.05) is 13.8 Å². The minimum Gasteiger partial charge on any atom is -0.301 e. The van der Waals surface area contributed by atoms with Gasteiger partial charge in [0.05, 0.1) is 6.07 Å². The Kier molecular flexibility index (Phi) is 6.55. The minimum absolute atomic E-state index is 0.378. The maximum absolute atomic E-state index is 9.11. The van der Waals surface area contributed by atoms with Crippen molar-refractivity contribution in [2.45, 2.75) is 52.6 Å². The van der Waals surface area contributed by atoms with Crippen LogP contribution in [0.3, 0.4) is 0 Å². The van der Waals surface area contributed by atoms with Crippen molar-refractivity contribution in [3.63, 3.8) is 0 Å². The molecule has 1 N–H and O–H groups in total. The van der Waals surface area contributed by atoms with Crippen molar-refractivity contribution in [3.05, 3.63) is 0 Å². The van der Waals surface area contributed by atoms with Gasteiger partial charge in [-0.25, -0.2) is 0 Å². The third-order valence-corrected chi connectivity index (χ3v) is 2.85. The maximum Gasteiger partial charge on any atom is 0.105 e. The molecule has 3 heteroatoms. The lowest BCUT2D eigenvalue weighted by Gasteiger charge is -2.29. The predicted molar refractivity (Wildman–Crippen MR) is 64.7 cm³/mol. The van der Waals surface area contributed by atoms with Gasteiger partial charge in [-0.05, 0) is 40.3 Å². The fraction of sp³-hybridized carbons (Fsp3) is 0.917. The van der Waals surface area contributed by atoms with E-state index in [1.807, 2.05) is 13.8 Å². The van der Waals surface area contributed by atoms with Crippen LogP contribution in [0, 0.1) is 11.3 Å². The Morgan fingerprint density at radius 3 is 2.33 bits per heavy atom. The molecule has 0 saturated heterocycles. The summed E-state index contributed by atoms with van der Waals surface area (Å²) in [6.07, 6.45) is 0.878. The molecule has 0 spiro atoms. The summed E-state index contributed by atoms with van der Waals surface area (Å²) in [4.78, 5) is 2.38. The van der Waals surface area contributed by atoms with Gasteiger partial charge >= 0.3 is 0 Å². The molecule has 0 heterocycles. The zero-order chi connectivity index (χ0) is 11.9. The molecule has 0 bridgehead atoms. The number of hydrogen-bond donors (Lipinski definition) is 1. The van der Waals surface area contributed by atoms with Gasteiger partial charge in [-0.2, -0.15) is 5.26 Å². The van der Waals surface area contributed by atoms with Crippen molar-refractivity contribution < 1.29 is 0 Å². The predicted octanol–water partition coefficient (Wildman–Crippen LogP) is 2.00. The zero-order valence-corrected chi connectivity index (χ0v) is 10.8. The number of rotatable bonds is 7. The molecule has 15 heavy (non-hydrogen) atoms. The lowest BCUT2D eigenvalue weighted by atomic mass is 9.99. The first kappa shape index (κ1) is 14.4. The van der Waals surface area contributed by atoms with Gasteiger partial charge in [-0.3, -0.25) is 5.32 Å². The van der Waals surface area contributed by atoms with E-state index < -0.39 is 0 Å². The molecule has 3 nitrogen and oxygen atoms in total. The summed E-state index contributed by atoms with van der Waals surface area (Å²) in [5.74, 6) is 0. The van der Waals surface area contributed by atoms with Gasteiger partial charge < -0.3 is 4.90 Å². The number of nitrogens with one attached hydrogen (secondary N) is 1. The first-order valence-electron chi connectivity index (χ1n) is 5.89. The highest BCUT2D eigenvalue weighted by atomic mass is 15.1. The first-order valence-corrected chi connectivity index (χ1v) is 5.89. The van der Waals surface area contributed by atoms with Crippen molar-refractivity contribution in [2.75, 3.05) is 19.6 Å². The quantitative estimate of drug-likeness (QED) is 0.700. The van der Waals surface area contributed by atoms with Crippen LogP contribution in [0.1, 0.15) is 41.0 Å². The second-order valence-corrected chi connectivity index (χ2v) is 4.45. The van der Waals surface area contributed by atoms with Crippen molar-refractivity contribution in [1.82, 2.24) is 10.2 Å². The smallest absolute Gasteiger partial charge is 0.105 e. The molecule has 0 aliphatic carbocycles. The van der Waals surface area contributed by atoms with Crippen LogP contribution in [0.15, 0.2) is 0 Å². The van der Waals surface area contributed by atoms with Gasteiger partial charge in [0, 0.05) is 12.6 Å². The summed E-state index contributed by atoms with van der Waals surface area (Å²) in [6, 6.07) is 2.92. The molecule has 0 aliphatic rings. The van der Waals surface area contributed by atoms with Gasteiger partial charge in [0.1, 0.15) is 5.54 Å². The van der Waals surface area contributed by atoms with Crippen LogP contribution in [0.4, 0.5) is 0 Å². The van der Waals surface area contributed by atoms with Crippen LogP contribution in [0.5, 0.6) is 0 Å². The fourth-order valence-electron chi connectivity index (χ4n) is 1.72. The van der Waals surface area contributed by atoms with Gasteiger partial charge in [-0.15, -0.1) is 0 Å². The van der Waals surface area contributed by atoms with E-state index in [4.69, 9.17) is 5.26 Å². The Hall–Kier alpha value is -0.590. The van der Waals surface area contributed by atoms with E-state index in [9.17, 15) is 0 Å². The minimum atomic E-state index is -0.378. The van der Waals surface area contributed by atoms with E-state index in [1.54, 1.807) is 0 Å². The highest BCUT2D eigenvalue weighted by molar-refractivity contribution is 5.03. The summed E-state index contributed by atoms with van der Waals surface area (Å²) in [7, 11) is 0. The van der Waals surface area contributed by atoms with E-state index in [0.717, 1.165) is 26.1 Å². The summed E-state index contributed by atoms with van der Waals surface area (Å²) in [5.41, 5.74) is -0.378.